The van der Waals surface area contributed by atoms with E-state index >= 15 is 0 Å². The Kier molecular flexibility index (Phi) is 3.95. The van der Waals surface area contributed by atoms with Crippen LogP contribution in [0.3, 0.4) is 0 Å². The second-order valence-corrected chi connectivity index (χ2v) is 4.79. The van der Waals surface area contributed by atoms with Crippen LogP contribution in [0, 0.1) is 0 Å². The van der Waals surface area contributed by atoms with E-state index in [0.29, 0.717) is 0 Å². The highest BCUT2D eigenvalue weighted by molar-refractivity contribution is 7.90. The number of hydrogen-bond donors (Lipinski definition) is 2. The molecule has 14 heavy (non-hydrogen) atoms. The number of hydrogen-bond acceptors (Lipinski definition) is 3. The first-order valence-electron chi connectivity index (χ1n) is 4.47. The van der Waals surface area contributed by atoms with Crippen LogP contribution in [0.4, 0.5) is 0 Å². The zero-order chi connectivity index (χ0) is 10.7. The Hall–Kier alpha value is -0.550. The topological polar surface area (TPSA) is 75.1 Å². The van der Waals surface area contributed by atoms with Gasteiger partial charge in [0.15, 0.2) is 4.90 Å². The largest absolute Gasteiger partial charge is 0.612 e. The molecule has 78 valence electrons. The molecule has 3 atom stereocenters. The van der Waals surface area contributed by atoms with Crippen LogP contribution in [0.1, 0.15) is 18.5 Å². The second kappa shape index (κ2) is 4.79. The molecule has 1 aromatic rings. The lowest BCUT2D eigenvalue weighted by atomic mass is 10.0. The molecule has 0 saturated heterocycles. The summed E-state index contributed by atoms with van der Waals surface area (Å²) in [6, 6.07) is 7.18. The van der Waals surface area contributed by atoms with Crippen LogP contribution < -0.4 is 11.5 Å². The Morgan fingerprint density at radius 2 is 1.71 bits per heavy atom. The number of nitrogens with two attached hydrogens (primary N) is 2. The van der Waals surface area contributed by atoms with Gasteiger partial charge in [-0.05, 0) is 35.8 Å². The van der Waals surface area contributed by atoms with Gasteiger partial charge in [0.05, 0.1) is 0 Å². The van der Waals surface area contributed by atoms with Crippen molar-refractivity contribution in [3.63, 3.8) is 0 Å². The molecule has 4 heteroatoms. The molecule has 4 N–H and O–H groups in total. The van der Waals surface area contributed by atoms with Crippen LogP contribution in [0.2, 0.25) is 0 Å². The molecule has 0 aliphatic carbocycles. The van der Waals surface area contributed by atoms with Gasteiger partial charge in [0.2, 0.25) is 0 Å². The molecule has 0 saturated carbocycles. The highest BCUT2D eigenvalue weighted by Crippen LogP contribution is 2.16. The Morgan fingerprint density at radius 3 is 2.07 bits per heavy atom. The predicted molar refractivity (Wildman–Crippen MR) is 59.4 cm³/mol. The van der Waals surface area contributed by atoms with E-state index in [1.807, 2.05) is 31.2 Å². The van der Waals surface area contributed by atoms with Crippen LogP contribution in [0.25, 0.3) is 0 Å². The van der Waals surface area contributed by atoms with E-state index in [4.69, 9.17) is 11.5 Å². The van der Waals surface area contributed by atoms with Crippen molar-refractivity contribution in [1.29, 1.82) is 0 Å². The third kappa shape index (κ3) is 2.72. The Labute approximate surface area is 87.7 Å². The third-order valence-electron chi connectivity index (χ3n) is 2.16. The molecule has 0 bridgehead atoms. The summed E-state index contributed by atoms with van der Waals surface area (Å²) in [5.74, 6) is 0. The maximum Gasteiger partial charge on any atom is 0.152 e. The van der Waals surface area contributed by atoms with E-state index in [-0.39, 0.29) is 12.1 Å². The Balaban J connectivity index is 2.83. The molecular formula is C10H16N2OS. The first-order valence-corrected chi connectivity index (χ1v) is 6.02. The fraction of sp³-hybridized carbons (Fsp3) is 0.400. The van der Waals surface area contributed by atoms with Crippen LogP contribution in [0.5, 0.6) is 0 Å². The molecule has 0 spiro atoms. The minimum absolute atomic E-state index is 0.0760. The standard InChI is InChI=1S/C10H16N2OS/c1-7(11)10(12)8-3-5-9(6-4-8)14(2)13/h3-7,10H,11-12H2,1-2H3. The van der Waals surface area contributed by atoms with E-state index in [1.54, 1.807) is 6.26 Å². The molecule has 0 radical (unpaired) electrons. The minimum Gasteiger partial charge on any atom is -0.612 e. The summed E-state index contributed by atoms with van der Waals surface area (Å²) in [6.45, 7) is 1.87. The smallest absolute Gasteiger partial charge is 0.152 e. The first-order chi connectivity index (χ1) is 6.52. The van der Waals surface area contributed by atoms with Gasteiger partial charge in [-0.3, -0.25) is 0 Å². The van der Waals surface area contributed by atoms with Gasteiger partial charge in [-0.15, -0.1) is 0 Å². The van der Waals surface area contributed by atoms with Gasteiger partial charge in [-0.25, -0.2) is 0 Å². The van der Waals surface area contributed by atoms with E-state index in [0.717, 1.165) is 10.5 Å². The van der Waals surface area contributed by atoms with Gasteiger partial charge in [-0.2, -0.15) is 0 Å². The van der Waals surface area contributed by atoms with Gasteiger partial charge < -0.3 is 16.0 Å². The van der Waals surface area contributed by atoms with Crippen LogP contribution in [-0.2, 0) is 11.2 Å². The molecule has 3 unspecified atom stereocenters. The molecule has 0 aliphatic rings. The number of rotatable bonds is 3. The van der Waals surface area contributed by atoms with Crippen molar-refractivity contribution in [2.24, 2.45) is 11.5 Å². The summed E-state index contributed by atoms with van der Waals surface area (Å²) >= 11 is -0.933. The van der Waals surface area contributed by atoms with Gasteiger partial charge in [-0.1, -0.05) is 12.1 Å². The van der Waals surface area contributed by atoms with Crippen molar-refractivity contribution in [1.82, 2.24) is 0 Å². The molecule has 1 aromatic carbocycles. The quantitative estimate of drug-likeness (QED) is 0.727. The van der Waals surface area contributed by atoms with Crippen LogP contribution in [-0.4, -0.2) is 16.9 Å². The highest BCUT2D eigenvalue weighted by atomic mass is 32.2. The molecular weight excluding hydrogens is 196 g/mol. The highest BCUT2D eigenvalue weighted by Gasteiger charge is 2.11. The van der Waals surface area contributed by atoms with Crippen LogP contribution >= 0.6 is 0 Å². The summed E-state index contributed by atoms with van der Waals surface area (Å²) in [4.78, 5) is 0.811. The maximum atomic E-state index is 11.1. The second-order valence-electron chi connectivity index (χ2n) is 3.41. The van der Waals surface area contributed by atoms with E-state index in [2.05, 4.69) is 0 Å². The fourth-order valence-corrected chi connectivity index (χ4v) is 1.70. The van der Waals surface area contributed by atoms with Gasteiger partial charge >= 0.3 is 0 Å². The average Bonchev–Trinajstić information content (AvgIpc) is 2.16. The Morgan fingerprint density at radius 1 is 1.21 bits per heavy atom. The normalized spacial score (nSPS) is 17.5. The average molecular weight is 212 g/mol. The molecule has 1 rings (SSSR count). The predicted octanol–water partition coefficient (Wildman–Crippen LogP) is 0.771. The molecule has 0 aliphatic heterocycles. The zero-order valence-electron chi connectivity index (χ0n) is 8.44. The molecule has 0 heterocycles. The Bertz CT molecular complexity index is 285. The van der Waals surface area contributed by atoms with E-state index in [9.17, 15) is 4.55 Å². The third-order valence-corrected chi connectivity index (χ3v) is 3.10. The first kappa shape index (κ1) is 11.5. The SMILES string of the molecule is CC(N)C(N)c1ccc([S+](C)[O-])cc1. The fourth-order valence-electron chi connectivity index (χ4n) is 1.19. The lowest BCUT2D eigenvalue weighted by Crippen LogP contribution is -2.30. The zero-order valence-corrected chi connectivity index (χ0v) is 9.25. The van der Waals surface area contributed by atoms with Crippen molar-refractivity contribution >= 4 is 11.2 Å². The molecule has 0 fully saturated rings. The summed E-state index contributed by atoms with van der Waals surface area (Å²) < 4.78 is 11.1. The lowest BCUT2D eigenvalue weighted by molar-refractivity contribution is 0.587. The molecule has 0 aromatic heterocycles. The van der Waals surface area contributed by atoms with Gasteiger partial charge in [0, 0.05) is 12.1 Å². The molecule has 3 nitrogen and oxygen atoms in total. The van der Waals surface area contributed by atoms with Crippen LogP contribution in [0.15, 0.2) is 29.2 Å². The van der Waals surface area contributed by atoms with Crippen molar-refractivity contribution in [3.8, 4) is 0 Å². The lowest BCUT2D eigenvalue weighted by Gasteiger charge is -2.16. The van der Waals surface area contributed by atoms with Gasteiger partial charge in [0.1, 0.15) is 6.26 Å². The summed E-state index contributed by atoms with van der Waals surface area (Å²) in [7, 11) is 0. The minimum atomic E-state index is -0.933. The summed E-state index contributed by atoms with van der Waals surface area (Å²) in [5, 5.41) is 0. The number of benzene rings is 1. The van der Waals surface area contributed by atoms with Gasteiger partial charge in [0.25, 0.3) is 0 Å². The van der Waals surface area contributed by atoms with E-state index < -0.39 is 11.2 Å². The van der Waals surface area contributed by atoms with E-state index in [1.165, 1.54) is 0 Å². The summed E-state index contributed by atoms with van der Waals surface area (Å²) in [5.41, 5.74) is 12.5. The van der Waals surface area contributed by atoms with Crippen molar-refractivity contribution in [3.05, 3.63) is 29.8 Å². The van der Waals surface area contributed by atoms with Crippen molar-refractivity contribution in [2.45, 2.75) is 23.9 Å². The molecule has 0 amide bonds. The summed E-state index contributed by atoms with van der Waals surface area (Å²) in [6.07, 6.45) is 1.65. The monoisotopic (exact) mass is 212 g/mol. The van der Waals surface area contributed by atoms with Crippen molar-refractivity contribution < 1.29 is 4.55 Å². The van der Waals surface area contributed by atoms with Crippen molar-refractivity contribution in [2.75, 3.05) is 6.26 Å². The maximum absolute atomic E-state index is 11.1.